The summed E-state index contributed by atoms with van der Waals surface area (Å²) in [4.78, 5) is 10.1. The second kappa shape index (κ2) is 4.61. The zero-order valence-corrected chi connectivity index (χ0v) is 4.89. The highest BCUT2D eigenvalue weighted by molar-refractivity contribution is 6.25. The van der Waals surface area contributed by atoms with E-state index >= 15 is 0 Å². The Labute approximate surface area is 52.1 Å². The Bertz CT molecular complexity index is 102. The van der Waals surface area contributed by atoms with Crippen LogP contribution >= 0.6 is 11.6 Å². The third-order valence-corrected chi connectivity index (χ3v) is 0.520. The van der Waals surface area contributed by atoms with Crippen molar-refractivity contribution in [3.05, 3.63) is 11.8 Å². The van der Waals surface area contributed by atoms with Gasteiger partial charge in [-0.25, -0.2) is 0 Å². The monoisotopic (exact) mass is 135 g/mol. The fourth-order valence-corrected chi connectivity index (χ4v) is 0.201. The van der Waals surface area contributed by atoms with Gasteiger partial charge in [0.25, 0.3) is 0 Å². The van der Waals surface area contributed by atoms with Gasteiger partial charge in [-0.2, -0.15) is 0 Å². The number of ether oxygens (including phenoxy) is 1. The van der Waals surface area contributed by atoms with Gasteiger partial charge in [-0.3, -0.25) is 4.79 Å². The number of hydrogen-bond acceptors (Lipinski definition) is 3. The summed E-state index contributed by atoms with van der Waals surface area (Å²) < 4.78 is 4.26. The molecule has 0 unspecified atom stereocenters. The van der Waals surface area contributed by atoms with Crippen molar-refractivity contribution in [2.45, 2.75) is 0 Å². The maximum atomic E-state index is 10.1. The molecule has 3 nitrogen and oxygen atoms in total. The van der Waals surface area contributed by atoms with Crippen molar-refractivity contribution < 1.29 is 9.53 Å². The topological polar surface area (TPSA) is 52.3 Å². The van der Waals surface area contributed by atoms with Gasteiger partial charge in [-0.15, -0.1) is 0 Å². The standard InChI is InChI=1S/C4H6ClNO2/c5-1-2-8-4(7)3-6/h1-2H,3,6H2. The van der Waals surface area contributed by atoms with Crippen LogP contribution in [0.1, 0.15) is 0 Å². The Morgan fingerprint density at radius 3 is 2.88 bits per heavy atom. The molecule has 8 heavy (non-hydrogen) atoms. The van der Waals surface area contributed by atoms with Gasteiger partial charge in [0.2, 0.25) is 0 Å². The van der Waals surface area contributed by atoms with Crippen LogP contribution in [-0.4, -0.2) is 12.5 Å². The number of nitrogens with two attached hydrogens (primary N) is 1. The summed E-state index contributed by atoms with van der Waals surface area (Å²) in [6.45, 7) is -0.124. The van der Waals surface area contributed by atoms with Crippen LogP contribution in [0.25, 0.3) is 0 Å². The summed E-state index contributed by atoms with van der Waals surface area (Å²) in [5, 5.41) is 0. The number of rotatable bonds is 2. The van der Waals surface area contributed by atoms with E-state index in [-0.39, 0.29) is 6.54 Å². The molecule has 0 aliphatic rings. The quantitative estimate of drug-likeness (QED) is 0.435. The van der Waals surface area contributed by atoms with Crippen LogP contribution in [0.4, 0.5) is 0 Å². The van der Waals surface area contributed by atoms with Gasteiger partial charge in [0.05, 0.1) is 6.54 Å². The van der Waals surface area contributed by atoms with Gasteiger partial charge in [-0.05, 0) is 0 Å². The molecule has 0 radical (unpaired) electrons. The molecule has 0 saturated heterocycles. The van der Waals surface area contributed by atoms with Crippen molar-refractivity contribution in [1.82, 2.24) is 0 Å². The van der Waals surface area contributed by atoms with Crippen molar-refractivity contribution in [1.29, 1.82) is 0 Å². The fraction of sp³-hybridized carbons (Fsp3) is 0.250. The molecule has 2 N–H and O–H groups in total. The molecule has 0 amide bonds. The largest absolute Gasteiger partial charge is 0.433 e. The van der Waals surface area contributed by atoms with Crippen molar-refractivity contribution >= 4 is 17.6 Å². The summed E-state index contributed by atoms with van der Waals surface area (Å²) in [5.41, 5.74) is 5.95. The minimum Gasteiger partial charge on any atom is -0.433 e. The average Bonchev–Trinajstić information content (AvgIpc) is 1.83. The maximum absolute atomic E-state index is 10.1. The molecule has 0 atom stereocenters. The van der Waals surface area contributed by atoms with E-state index in [9.17, 15) is 4.79 Å². The molecule has 0 aliphatic heterocycles. The Balaban J connectivity index is 3.25. The molecular weight excluding hydrogens is 130 g/mol. The lowest BCUT2D eigenvalue weighted by molar-refractivity contribution is -0.136. The van der Waals surface area contributed by atoms with E-state index in [2.05, 4.69) is 4.74 Å². The smallest absolute Gasteiger partial charge is 0.324 e. The average molecular weight is 136 g/mol. The van der Waals surface area contributed by atoms with E-state index in [1.165, 1.54) is 0 Å². The lowest BCUT2D eigenvalue weighted by atomic mass is 10.7. The first-order valence-corrected chi connectivity index (χ1v) is 2.39. The zero-order valence-electron chi connectivity index (χ0n) is 4.13. The van der Waals surface area contributed by atoms with Gasteiger partial charge in [0.1, 0.15) is 6.26 Å². The first kappa shape index (κ1) is 7.46. The Kier molecular flexibility index (Phi) is 4.30. The number of esters is 1. The highest BCUT2D eigenvalue weighted by Gasteiger charge is 1.91. The molecular formula is C4H6ClNO2. The van der Waals surface area contributed by atoms with Crippen LogP contribution in [0, 0.1) is 0 Å². The van der Waals surface area contributed by atoms with E-state index in [0.29, 0.717) is 0 Å². The summed E-state index contributed by atoms with van der Waals surface area (Å²) >= 11 is 5.00. The fourth-order valence-electron chi connectivity index (χ4n) is 0.150. The van der Waals surface area contributed by atoms with Crippen LogP contribution in [0.3, 0.4) is 0 Å². The highest BCUT2D eigenvalue weighted by atomic mass is 35.5. The van der Waals surface area contributed by atoms with Gasteiger partial charge >= 0.3 is 5.97 Å². The predicted octanol–water partition coefficient (Wildman–Crippen LogP) is 0.198. The molecule has 0 aliphatic carbocycles. The molecule has 4 heteroatoms. The second-order valence-electron chi connectivity index (χ2n) is 0.956. The third kappa shape index (κ3) is 3.64. The van der Waals surface area contributed by atoms with E-state index in [0.717, 1.165) is 11.8 Å². The van der Waals surface area contributed by atoms with Crippen molar-refractivity contribution in [3.8, 4) is 0 Å². The van der Waals surface area contributed by atoms with E-state index in [4.69, 9.17) is 17.3 Å². The number of carbonyl (C=O) groups excluding carboxylic acids is 1. The van der Waals surface area contributed by atoms with Crippen LogP contribution in [0.5, 0.6) is 0 Å². The second-order valence-corrected chi connectivity index (χ2v) is 1.21. The molecule has 0 heterocycles. The zero-order chi connectivity index (χ0) is 6.41. The van der Waals surface area contributed by atoms with Crippen molar-refractivity contribution in [2.75, 3.05) is 6.54 Å². The normalized spacial score (nSPS) is 9.75. The Morgan fingerprint density at radius 2 is 2.50 bits per heavy atom. The summed E-state index contributed by atoms with van der Waals surface area (Å²) in [6, 6.07) is 0. The number of hydrogen-bond donors (Lipinski definition) is 1. The van der Waals surface area contributed by atoms with Crippen molar-refractivity contribution in [2.24, 2.45) is 5.73 Å². The molecule has 0 fully saturated rings. The van der Waals surface area contributed by atoms with E-state index in [1.54, 1.807) is 0 Å². The number of halogens is 1. The van der Waals surface area contributed by atoms with Crippen molar-refractivity contribution in [3.63, 3.8) is 0 Å². The number of carbonyl (C=O) groups is 1. The van der Waals surface area contributed by atoms with Crippen LogP contribution in [-0.2, 0) is 9.53 Å². The first-order chi connectivity index (χ1) is 3.81. The van der Waals surface area contributed by atoms with Gasteiger partial charge in [0, 0.05) is 5.54 Å². The van der Waals surface area contributed by atoms with Crippen LogP contribution in [0.2, 0.25) is 0 Å². The molecule has 0 rings (SSSR count). The third-order valence-electron chi connectivity index (χ3n) is 0.418. The van der Waals surface area contributed by atoms with Gasteiger partial charge < -0.3 is 10.5 Å². The summed E-state index contributed by atoms with van der Waals surface area (Å²) in [7, 11) is 0. The molecule has 0 aromatic carbocycles. The van der Waals surface area contributed by atoms with Gasteiger partial charge in [0.15, 0.2) is 0 Å². The first-order valence-electron chi connectivity index (χ1n) is 1.96. The van der Waals surface area contributed by atoms with E-state index in [1.807, 2.05) is 0 Å². The predicted molar refractivity (Wildman–Crippen MR) is 30.1 cm³/mol. The Hall–Kier alpha value is -0.540. The SMILES string of the molecule is NCC(=O)OC=CCl. The molecule has 46 valence electrons. The molecule has 0 spiro atoms. The lowest BCUT2D eigenvalue weighted by Crippen LogP contribution is -2.13. The lowest BCUT2D eigenvalue weighted by Gasteiger charge is -1.89. The molecule has 0 aromatic heterocycles. The molecule has 0 saturated carbocycles. The molecule has 0 bridgehead atoms. The van der Waals surface area contributed by atoms with Gasteiger partial charge in [-0.1, -0.05) is 11.6 Å². The minimum absolute atomic E-state index is 0.124. The van der Waals surface area contributed by atoms with E-state index < -0.39 is 5.97 Å². The molecule has 0 aromatic rings. The van der Waals surface area contributed by atoms with Crippen LogP contribution < -0.4 is 5.73 Å². The summed E-state index contributed by atoms with van der Waals surface area (Å²) in [5.74, 6) is -0.498. The Morgan fingerprint density at radius 1 is 1.88 bits per heavy atom. The maximum Gasteiger partial charge on any atom is 0.324 e. The highest BCUT2D eigenvalue weighted by Crippen LogP contribution is 1.80. The minimum atomic E-state index is -0.498. The van der Waals surface area contributed by atoms with Crippen LogP contribution in [0.15, 0.2) is 11.8 Å². The summed E-state index contributed by atoms with van der Waals surface area (Å²) in [6.07, 6.45) is 1.07.